The number of carbonyl (C=O) groups excluding carboxylic acids is 2. The monoisotopic (exact) mass is 392 g/mol. The Balaban J connectivity index is 1.82. The smallest absolute Gasteiger partial charge is 0.234 e. The molecule has 2 N–H and O–H groups in total. The minimum Gasteiger partial charge on any atom is -0.495 e. The number of methoxy groups -OCH3 is 1. The van der Waals surface area contributed by atoms with Crippen LogP contribution in [0.2, 0.25) is 5.02 Å². The average molecular weight is 393 g/mol. The van der Waals surface area contributed by atoms with Crippen LogP contribution in [-0.4, -0.2) is 30.4 Å². The molecule has 0 saturated carbocycles. The fourth-order valence-corrected chi connectivity index (χ4v) is 3.04. The average Bonchev–Trinajstić information content (AvgIpc) is 2.58. The number of benzene rings is 2. The van der Waals surface area contributed by atoms with Crippen molar-refractivity contribution < 1.29 is 14.3 Å². The van der Waals surface area contributed by atoms with Gasteiger partial charge in [-0.3, -0.25) is 9.59 Å². The predicted octanol–water partition coefficient (Wildman–Crippen LogP) is 4.28. The van der Waals surface area contributed by atoms with Crippen LogP contribution in [0.5, 0.6) is 5.75 Å². The molecule has 0 heterocycles. The van der Waals surface area contributed by atoms with Gasteiger partial charge in [-0.2, -0.15) is 0 Å². The summed E-state index contributed by atoms with van der Waals surface area (Å²) < 4.78 is 5.23. The fourth-order valence-electron chi connectivity index (χ4n) is 2.27. The third-order valence-corrected chi connectivity index (χ3v) is 4.86. The van der Waals surface area contributed by atoms with Crippen LogP contribution >= 0.6 is 23.4 Å². The Morgan fingerprint density at radius 3 is 2.42 bits per heavy atom. The molecule has 0 aliphatic rings. The van der Waals surface area contributed by atoms with Crippen molar-refractivity contribution in [2.75, 3.05) is 29.2 Å². The maximum absolute atomic E-state index is 12.1. The number of rotatable bonds is 7. The van der Waals surface area contributed by atoms with Crippen molar-refractivity contribution in [3.63, 3.8) is 0 Å². The van der Waals surface area contributed by atoms with Crippen molar-refractivity contribution >= 4 is 46.6 Å². The Kier molecular flexibility index (Phi) is 7.36. The minimum atomic E-state index is -0.210. The second-order valence-electron chi connectivity index (χ2n) is 5.76. The SMILES string of the molecule is COc1cc(Cl)c(C)cc1NC(=O)CSCC(=O)Nc1cccc(C)c1. The van der Waals surface area contributed by atoms with E-state index < -0.39 is 0 Å². The van der Waals surface area contributed by atoms with Gasteiger partial charge < -0.3 is 15.4 Å². The lowest BCUT2D eigenvalue weighted by Gasteiger charge is -2.12. The van der Waals surface area contributed by atoms with E-state index >= 15 is 0 Å². The number of hydrogen-bond acceptors (Lipinski definition) is 4. The number of carbonyl (C=O) groups is 2. The summed E-state index contributed by atoms with van der Waals surface area (Å²) in [5.41, 5.74) is 3.22. The van der Waals surface area contributed by atoms with Gasteiger partial charge in [-0.1, -0.05) is 23.7 Å². The summed E-state index contributed by atoms with van der Waals surface area (Å²) in [5, 5.41) is 6.17. The predicted molar refractivity (Wildman–Crippen MR) is 109 cm³/mol. The molecule has 0 unspecified atom stereocenters. The number of nitrogens with one attached hydrogen (secondary N) is 2. The van der Waals surface area contributed by atoms with Gasteiger partial charge in [0.2, 0.25) is 11.8 Å². The standard InChI is InChI=1S/C19H21ClN2O3S/c1-12-5-4-6-14(7-12)21-18(23)10-26-11-19(24)22-16-8-13(2)15(20)9-17(16)25-3/h4-9H,10-11H2,1-3H3,(H,21,23)(H,22,24). The highest BCUT2D eigenvalue weighted by molar-refractivity contribution is 8.00. The molecule has 0 aliphatic carbocycles. The number of aryl methyl sites for hydroxylation is 2. The van der Waals surface area contributed by atoms with Crippen LogP contribution in [-0.2, 0) is 9.59 Å². The highest BCUT2D eigenvalue weighted by Crippen LogP contribution is 2.31. The number of thioether (sulfide) groups is 1. The number of hydrogen-bond donors (Lipinski definition) is 2. The first-order chi connectivity index (χ1) is 12.4. The Morgan fingerprint density at radius 1 is 1.08 bits per heavy atom. The summed E-state index contributed by atoms with van der Waals surface area (Å²) in [6.07, 6.45) is 0. The number of ether oxygens (including phenoxy) is 1. The second kappa shape index (κ2) is 9.50. The van der Waals surface area contributed by atoms with Crippen LogP contribution in [0.15, 0.2) is 36.4 Å². The lowest BCUT2D eigenvalue weighted by Crippen LogP contribution is -2.18. The van der Waals surface area contributed by atoms with E-state index in [0.717, 1.165) is 16.8 Å². The van der Waals surface area contributed by atoms with Gasteiger partial charge in [0.25, 0.3) is 0 Å². The highest BCUT2D eigenvalue weighted by atomic mass is 35.5. The molecule has 0 fully saturated rings. The van der Waals surface area contributed by atoms with Gasteiger partial charge >= 0.3 is 0 Å². The zero-order valence-corrected chi connectivity index (χ0v) is 16.5. The van der Waals surface area contributed by atoms with Gasteiger partial charge in [-0.15, -0.1) is 11.8 Å². The van der Waals surface area contributed by atoms with E-state index in [1.165, 1.54) is 18.9 Å². The first kappa shape index (κ1) is 20.1. The molecule has 0 bridgehead atoms. The van der Waals surface area contributed by atoms with E-state index in [9.17, 15) is 9.59 Å². The third kappa shape index (κ3) is 5.97. The van der Waals surface area contributed by atoms with E-state index in [-0.39, 0.29) is 23.3 Å². The van der Waals surface area contributed by atoms with Crippen LogP contribution < -0.4 is 15.4 Å². The summed E-state index contributed by atoms with van der Waals surface area (Å²) in [6.45, 7) is 3.81. The van der Waals surface area contributed by atoms with Gasteiger partial charge in [0, 0.05) is 16.8 Å². The molecule has 138 valence electrons. The van der Waals surface area contributed by atoms with Gasteiger partial charge in [0.1, 0.15) is 5.75 Å². The van der Waals surface area contributed by atoms with Gasteiger partial charge in [0.05, 0.1) is 24.3 Å². The number of amides is 2. The van der Waals surface area contributed by atoms with Crippen molar-refractivity contribution in [2.24, 2.45) is 0 Å². The van der Waals surface area contributed by atoms with Crippen LogP contribution in [0.3, 0.4) is 0 Å². The summed E-state index contributed by atoms with van der Waals surface area (Å²) in [7, 11) is 1.51. The van der Waals surface area contributed by atoms with E-state index in [2.05, 4.69) is 10.6 Å². The van der Waals surface area contributed by atoms with E-state index in [4.69, 9.17) is 16.3 Å². The maximum Gasteiger partial charge on any atom is 0.234 e. The van der Waals surface area contributed by atoms with Crippen LogP contribution in [0.1, 0.15) is 11.1 Å². The largest absolute Gasteiger partial charge is 0.495 e. The Bertz CT molecular complexity index is 811. The zero-order chi connectivity index (χ0) is 19.1. The van der Waals surface area contributed by atoms with Gasteiger partial charge in [0.15, 0.2) is 0 Å². The van der Waals surface area contributed by atoms with Crippen molar-refractivity contribution in [2.45, 2.75) is 13.8 Å². The maximum atomic E-state index is 12.1. The normalized spacial score (nSPS) is 10.3. The van der Waals surface area contributed by atoms with Crippen molar-refractivity contribution in [1.29, 1.82) is 0 Å². The third-order valence-electron chi connectivity index (χ3n) is 3.52. The molecule has 2 aromatic rings. The van der Waals surface area contributed by atoms with Crippen molar-refractivity contribution in [3.05, 3.63) is 52.5 Å². The summed E-state index contributed by atoms with van der Waals surface area (Å²) >= 11 is 7.30. The molecule has 26 heavy (non-hydrogen) atoms. The molecule has 5 nitrogen and oxygen atoms in total. The second-order valence-corrected chi connectivity index (χ2v) is 7.15. The number of anilines is 2. The van der Waals surface area contributed by atoms with E-state index in [1.807, 2.05) is 38.1 Å². The van der Waals surface area contributed by atoms with Crippen molar-refractivity contribution in [1.82, 2.24) is 0 Å². The summed E-state index contributed by atoms with van der Waals surface area (Å²) in [6, 6.07) is 11.0. The molecular weight excluding hydrogens is 372 g/mol. The molecule has 0 aromatic heterocycles. The van der Waals surface area contributed by atoms with Gasteiger partial charge in [-0.05, 0) is 43.2 Å². The molecule has 7 heteroatoms. The number of halogens is 1. The first-order valence-electron chi connectivity index (χ1n) is 7.97. The lowest BCUT2D eigenvalue weighted by molar-refractivity contribution is -0.114. The molecule has 0 spiro atoms. The molecule has 2 rings (SSSR count). The molecule has 0 aliphatic heterocycles. The molecule has 0 atom stereocenters. The van der Waals surface area contributed by atoms with Crippen molar-refractivity contribution in [3.8, 4) is 5.75 Å². The Morgan fingerprint density at radius 2 is 1.77 bits per heavy atom. The van der Waals surface area contributed by atoms with Crippen LogP contribution in [0, 0.1) is 13.8 Å². The van der Waals surface area contributed by atoms with E-state index in [1.54, 1.807) is 12.1 Å². The van der Waals surface area contributed by atoms with Crippen LogP contribution in [0.4, 0.5) is 11.4 Å². The van der Waals surface area contributed by atoms with Crippen LogP contribution in [0.25, 0.3) is 0 Å². The molecule has 2 aromatic carbocycles. The topological polar surface area (TPSA) is 67.4 Å². The quantitative estimate of drug-likeness (QED) is 0.738. The first-order valence-corrected chi connectivity index (χ1v) is 9.50. The summed E-state index contributed by atoms with van der Waals surface area (Å²) in [5.74, 6) is 0.493. The highest BCUT2D eigenvalue weighted by Gasteiger charge is 2.11. The summed E-state index contributed by atoms with van der Waals surface area (Å²) in [4.78, 5) is 24.1. The fraction of sp³-hybridized carbons (Fsp3) is 0.263. The lowest BCUT2D eigenvalue weighted by atomic mass is 10.2. The minimum absolute atomic E-state index is 0.145. The Hall–Kier alpha value is -2.18. The van der Waals surface area contributed by atoms with E-state index in [0.29, 0.717) is 16.5 Å². The van der Waals surface area contributed by atoms with Gasteiger partial charge in [-0.25, -0.2) is 0 Å². The zero-order valence-electron chi connectivity index (χ0n) is 14.9. The Labute approximate surface area is 162 Å². The molecule has 0 radical (unpaired) electrons. The molecule has 2 amide bonds. The molecule has 0 saturated heterocycles. The molecular formula is C19H21ClN2O3S.